The average Bonchev–Trinajstić information content (AvgIpc) is 2.79. The van der Waals surface area contributed by atoms with Gasteiger partial charge < -0.3 is 5.32 Å². The van der Waals surface area contributed by atoms with Gasteiger partial charge in [-0.1, -0.05) is 31.2 Å². The molecule has 0 saturated heterocycles. The number of ketones is 1. The number of anilines is 2. The Morgan fingerprint density at radius 2 is 1.92 bits per heavy atom. The van der Waals surface area contributed by atoms with Gasteiger partial charge >= 0.3 is 0 Å². The number of sulfonamides is 1. The predicted octanol–water partition coefficient (Wildman–Crippen LogP) is 2.82. The predicted molar refractivity (Wildman–Crippen MR) is 95.3 cm³/mol. The summed E-state index contributed by atoms with van der Waals surface area (Å²) in [6, 6.07) is 12.8. The number of carbonyl (C=O) groups is 2. The van der Waals surface area contributed by atoms with E-state index in [4.69, 9.17) is 0 Å². The Bertz CT molecular complexity index is 938. The van der Waals surface area contributed by atoms with E-state index >= 15 is 0 Å². The molecule has 0 saturated carbocycles. The first-order valence-electron chi connectivity index (χ1n) is 7.98. The molecule has 2 aromatic rings. The summed E-state index contributed by atoms with van der Waals surface area (Å²) in [6.45, 7) is 1.77. The third-order valence-corrected chi connectivity index (χ3v) is 5.86. The molecular formula is C18H18N2O4S. The molecule has 2 aromatic carbocycles. The standard InChI is InChI=1S/C18H18N2O4S/c1-2-17(21)13-6-5-7-14(12-13)25(23,24)20-11-10-18(22)19-15-8-3-4-9-16(15)20/h3-9,12H,2,10-11H2,1H3,(H,19,22). The quantitative estimate of drug-likeness (QED) is 0.852. The number of hydrogen-bond acceptors (Lipinski definition) is 4. The zero-order valence-corrected chi connectivity index (χ0v) is 14.5. The van der Waals surface area contributed by atoms with E-state index in [1.165, 1.54) is 16.4 Å². The number of para-hydroxylation sites is 2. The molecule has 0 atom stereocenters. The van der Waals surface area contributed by atoms with Crippen LogP contribution in [0.5, 0.6) is 0 Å². The molecule has 0 bridgehead atoms. The molecule has 1 heterocycles. The first-order valence-corrected chi connectivity index (χ1v) is 9.42. The summed E-state index contributed by atoms with van der Waals surface area (Å²) in [5, 5.41) is 2.72. The lowest BCUT2D eigenvalue weighted by Crippen LogP contribution is -2.32. The summed E-state index contributed by atoms with van der Waals surface area (Å²) in [5.74, 6) is -0.356. The molecule has 130 valence electrons. The Hall–Kier alpha value is -2.67. The normalized spacial score (nSPS) is 14.4. The van der Waals surface area contributed by atoms with Crippen molar-refractivity contribution < 1.29 is 18.0 Å². The smallest absolute Gasteiger partial charge is 0.264 e. The van der Waals surface area contributed by atoms with Crippen LogP contribution in [0.15, 0.2) is 53.4 Å². The van der Waals surface area contributed by atoms with Gasteiger partial charge in [0.05, 0.1) is 16.3 Å². The van der Waals surface area contributed by atoms with Crippen LogP contribution >= 0.6 is 0 Å². The number of amides is 1. The molecule has 0 unspecified atom stereocenters. The molecule has 0 aliphatic carbocycles. The van der Waals surface area contributed by atoms with Crippen molar-refractivity contribution in [3.05, 3.63) is 54.1 Å². The van der Waals surface area contributed by atoms with Crippen molar-refractivity contribution in [3.63, 3.8) is 0 Å². The van der Waals surface area contributed by atoms with E-state index in [-0.39, 0.29) is 29.6 Å². The van der Waals surface area contributed by atoms with Crippen LogP contribution in [-0.4, -0.2) is 26.7 Å². The van der Waals surface area contributed by atoms with E-state index in [1.807, 2.05) is 0 Å². The molecule has 1 amide bonds. The minimum absolute atomic E-state index is 0.0379. The lowest BCUT2D eigenvalue weighted by molar-refractivity contribution is -0.115. The summed E-state index contributed by atoms with van der Waals surface area (Å²) >= 11 is 0. The molecule has 1 aliphatic rings. The molecular weight excluding hydrogens is 340 g/mol. The van der Waals surface area contributed by atoms with Crippen LogP contribution in [0.25, 0.3) is 0 Å². The molecule has 0 spiro atoms. The van der Waals surface area contributed by atoms with Crippen molar-refractivity contribution in [3.8, 4) is 0 Å². The summed E-state index contributed by atoms with van der Waals surface area (Å²) in [4.78, 5) is 23.8. The maximum absolute atomic E-state index is 13.1. The molecule has 6 nitrogen and oxygen atoms in total. The van der Waals surface area contributed by atoms with Gasteiger partial charge in [0, 0.05) is 24.9 Å². The van der Waals surface area contributed by atoms with E-state index in [0.717, 1.165) is 0 Å². The Kier molecular flexibility index (Phi) is 4.59. The monoisotopic (exact) mass is 358 g/mol. The van der Waals surface area contributed by atoms with Crippen LogP contribution in [0, 0.1) is 0 Å². The van der Waals surface area contributed by atoms with Crippen LogP contribution < -0.4 is 9.62 Å². The minimum Gasteiger partial charge on any atom is -0.324 e. The number of Topliss-reactive ketones (excluding diaryl/α,β-unsaturated/α-hetero) is 1. The summed E-state index contributed by atoms with van der Waals surface area (Å²) in [6.07, 6.45) is 0.357. The van der Waals surface area contributed by atoms with Crippen molar-refractivity contribution in [2.75, 3.05) is 16.2 Å². The van der Waals surface area contributed by atoms with Gasteiger partial charge in [-0.05, 0) is 24.3 Å². The maximum Gasteiger partial charge on any atom is 0.264 e. The first kappa shape index (κ1) is 17.2. The molecule has 25 heavy (non-hydrogen) atoms. The minimum atomic E-state index is -3.90. The highest BCUT2D eigenvalue weighted by molar-refractivity contribution is 7.92. The van der Waals surface area contributed by atoms with Gasteiger partial charge in [0.25, 0.3) is 10.0 Å². The van der Waals surface area contributed by atoms with E-state index in [2.05, 4.69) is 5.32 Å². The second kappa shape index (κ2) is 6.68. The summed E-state index contributed by atoms with van der Waals surface area (Å²) < 4.78 is 27.5. The Labute approximate surface area is 146 Å². The first-order chi connectivity index (χ1) is 11.9. The Morgan fingerprint density at radius 1 is 1.16 bits per heavy atom. The van der Waals surface area contributed by atoms with Crippen LogP contribution in [0.2, 0.25) is 0 Å². The van der Waals surface area contributed by atoms with Crippen molar-refractivity contribution in [1.82, 2.24) is 0 Å². The average molecular weight is 358 g/mol. The molecule has 0 radical (unpaired) electrons. The van der Waals surface area contributed by atoms with E-state index < -0.39 is 10.0 Å². The van der Waals surface area contributed by atoms with Gasteiger partial charge in [-0.25, -0.2) is 8.42 Å². The number of benzene rings is 2. The topological polar surface area (TPSA) is 83.6 Å². The van der Waals surface area contributed by atoms with E-state index in [1.54, 1.807) is 43.3 Å². The lowest BCUT2D eigenvalue weighted by Gasteiger charge is -2.24. The third-order valence-electron chi connectivity index (χ3n) is 4.05. The van der Waals surface area contributed by atoms with Gasteiger partial charge in [0.2, 0.25) is 5.91 Å². The fourth-order valence-corrected chi connectivity index (χ4v) is 4.27. The number of rotatable bonds is 4. The lowest BCUT2D eigenvalue weighted by atomic mass is 10.1. The highest BCUT2D eigenvalue weighted by Crippen LogP contribution is 2.33. The van der Waals surface area contributed by atoms with Gasteiger partial charge in [0.1, 0.15) is 0 Å². The van der Waals surface area contributed by atoms with Crippen LogP contribution in [0.1, 0.15) is 30.1 Å². The molecule has 3 rings (SSSR count). The van der Waals surface area contributed by atoms with Crippen LogP contribution in [-0.2, 0) is 14.8 Å². The molecule has 0 aromatic heterocycles. The molecule has 0 fully saturated rings. The number of hydrogen-bond donors (Lipinski definition) is 1. The van der Waals surface area contributed by atoms with Crippen molar-refractivity contribution in [2.24, 2.45) is 0 Å². The third kappa shape index (κ3) is 3.28. The number of fused-ring (bicyclic) bond motifs is 1. The van der Waals surface area contributed by atoms with Crippen molar-refractivity contribution in [2.45, 2.75) is 24.7 Å². The fourth-order valence-electron chi connectivity index (χ4n) is 2.74. The highest BCUT2D eigenvalue weighted by Gasteiger charge is 2.30. The largest absolute Gasteiger partial charge is 0.324 e. The zero-order chi connectivity index (χ0) is 18.0. The van der Waals surface area contributed by atoms with Crippen molar-refractivity contribution >= 4 is 33.1 Å². The van der Waals surface area contributed by atoms with Gasteiger partial charge in [-0.3, -0.25) is 13.9 Å². The van der Waals surface area contributed by atoms with Gasteiger partial charge in [-0.15, -0.1) is 0 Å². The van der Waals surface area contributed by atoms with Gasteiger partial charge in [0.15, 0.2) is 5.78 Å². The summed E-state index contributed by atoms with van der Waals surface area (Å²) in [5.41, 5.74) is 1.23. The number of nitrogens with zero attached hydrogens (tertiary/aromatic N) is 1. The highest BCUT2D eigenvalue weighted by atomic mass is 32.2. The van der Waals surface area contributed by atoms with Crippen molar-refractivity contribution in [1.29, 1.82) is 0 Å². The number of nitrogens with one attached hydrogen (secondary N) is 1. The Morgan fingerprint density at radius 3 is 2.68 bits per heavy atom. The van der Waals surface area contributed by atoms with Crippen LogP contribution in [0.4, 0.5) is 11.4 Å². The van der Waals surface area contributed by atoms with E-state index in [9.17, 15) is 18.0 Å². The molecule has 1 aliphatic heterocycles. The van der Waals surface area contributed by atoms with Gasteiger partial charge in [-0.2, -0.15) is 0 Å². The van der Waals surface area contributed by atoms with E-state index in [0.29, 0.717) is 23.4 Å². The fraction of sp³-hybridized carbons (Fsp3) is 0.222. The second-order valence-electron chi connectivity index (χ2n) is 5.70. The number of carbonyl (C=O) groups excluding carboxylic acids is 2. The summed E-state index contributed by atoms with van der Waals surface area (Å²) in [7, 11) is -3.90. The SMILES string of the molecule is CCC(=O)c1cccc(S(=O)(=O)N2CCC(=O)Nc3ccccc32)c1. The maximum atomic E-state index is 13.1. The molecule has 1 N–H and O–H groups in total. The zero-order valence-electron chi connectivity index (χ0n) is 13.7. The molecule has 7 heteroatoms. The van der Waals surface area contributed by atoms with Crippen LogP contribution in [0.3, 0.4) is 0 Å². The Balaban J connectivity index is 2.09. The second-order valence-corrected chi connectivity index (χ2v) is 7.56.